The Balaban J connectivity index is 0.804. The Labute approximate surface area is 404 Å². The number of para-hydroxylation sites is 2. The molecule has 12 aromatic rings. The van der Waals surface area contributed by atoms with Crippen LogP contribution >= 0.6 is 0 Å². The van der Waals surface area contributed by atoms with Gasteiger partial charge in [-0.25, -0.2) is 9.97 Å². The molecule has 0 atom stereocenters. The Morgan fingerprint density at radius 2 is 0.914 bits per heavy atom. The second kappa shape index (κ2) is 15.9. The fourth-order valence-corrected chi connectivity index (χ4v) is 10.8. The molecule has 0 N–H and O–H groups in total. The maximum Gasteiger partial charge on any atom is 0.178 e. The molecule has 1 aliphatic carbocycles. The Morgan fingerprint density at radius 3 is 1.64 bits per heavy atom. The van der Waals surface area contributed by atoms with Crippen LogP contribution in [0.4, 0.5) is 0 Å². The van der Waals surface area contributed by atoms with Crippen molar-refractivity contribution < 1.29 is 13.9 Å². The molecule has 0 saturated carbocycles. The van der Waals surface area contributed by atoms with Crippen LogP contribution in [-0.4, -0.2) is 9.97 Å². The molecule has 0 fully saturated rings. The highest BCUT2D eigenvalue weighted by atomic mass is 16.6. The number of nitrogens with zero attached hydrogens (tertiary/aromatic N) is 2. The van der Waals surface area contributed by atoms with Gasteiger partial charge in [0.2, 0.25) is 0 Å². The van der Waals surface area contributed by atoms with E-state index in [0.29, 0.717) is 23.1 Å². The lowest BCUT2D eigenvalue weighted by Crippen LogP contribution is -2.28. The Morgan fingerprint density at radius 1 is 0.343 bits per heavy atom. The van der Waals surface area contributed by atoms with Crippen LogP contribution in [0, 0.1) is 0 Å². The van der Waals surface area contributed by atoms with Crippen molar-refractivity contribution in [2.45, 2.75) is 5.41 Å². The van der Waals surface area contributed by atoms with Gasteiger partial charge in [-0.2, -0.15) is 0 Å². The zero-order valence-corrected chi connectivity index (χ0v) is 37.7. The molecule has 3 heterocycles. The number of furan rings is 1. The summed E-state index contributed by atoms with van der Waals surface area (Å²) in [5, 5.41) is 2.23. The highest BCUT2D eigenvalue weighted by Crippen LogP contribution is 2.62. The van der Waals surface area contributed by atoms with Crippen LogP contribution in [0.3, 0.4) is 0 Å². The molecule has 0 amide bonds. The standard InChI is InChI=1S/C65H40N2O3/c1-4-15-45(16-5-1)64-66-55(40-56(67-64)44-33-29-42(30-34-44)49-23-14-24-51-50-21-11-13-26-57(50)69-62(49)51)43-31-27-41(28-32-43)46-35-37-58-60(39-46)70-63-59(68-58)38-36-54-61(63)52-22-10-12-25-53(52)65(54,47-17-6-2-7-18-47)48-19-8-3-9-20-48/h1-40H. The van der Waals surface area contributed by atoms with Crippen molar-refractivity contribution >= 4 is 21.9 Å². The summed E-state index contributed by atoms with van der Waals surface area (Å²) in [5.41, 5.74) is 17.0. The van der Waals surface area contributed by atoms with E-state index in [1.807, 2.05) is 36.4 Å². The molecular formula is C65H40N2O3. The minimum absolute atomic E-state index is 0.542. The smallest absolute Gasteiger partial charge is 0.178 e. The van der Waals surface area contributed by atoms with Gasteiger partial charge in [-0.1, -0.05) is 212 Å². The van der Waals surface area contributed by atoms with Gasteiger partial charge in [-0.3, -0.25) is 0 Å². The number of aromatic nitrogens is 2. The van der Waals surface area contributed by atoms with Crippen molar-refractivity contribution in [3.8, 4) is 90.3 Å². The zero-order chi connectivity index (χ0) is 46.2. The maximum absolute atomic E-state index is 7.02. The molecule has 5 heteroatoms. The quantitative estimate of drug-likeness (QED) is 0.160. The van der Waals surface area contributed by atoms with Crippen molar-refractivity contribution in [3.05, 3.63) is 265 Å². The van der Waals surface area contributed by atoms with Crippen LogP contribution in [-0.2, 0) is 5.41 Å². The maximum atomic E-state index is 7.02. The lowest BCUT2D eigenvalue weighted by atomic mass is 9.68. The molecule has 2 aromatic heterocycles. The summed E-state index contributed by atoms with van der Waals surface area (Å²) in [6.07, 6.45) is 0. The first-order chi connectivity index (χ1) is 34.7. The van der Waals surface area contributed by atoms with E-state index in [1.54, 1.807) is 0 Å². The number of benzene rings is 10. The van der Waals surface area contributed by atoms with Gasteiger partial charge in [0.25, 0.3) is 0 Å². The summed E-state index contributed by atoms with van der Waals surface area (Å²) in [4.78, 5) is 10.3. The monoisotopic (exact) mass is 896 g/mol. The minimum atomic E-state index is -0.542. The number of ether oxygens (including phenoxy) is 2. The minimum Gasteiger partial charge on any atom is -0.455 e. The average Bonchev–Trinajstić information content (AvgIpc) is 3.98. The zero-order valence-electron chi connectivity index (χ0n) is 37.7. The summed E-state index contributed by atoms with van der Waals surface area (Å²) in [6, 6.07) is 84.7. The predicted molar refractivity (Wildman–Crippen MR) is 280 cm³/mol. The molecule has 0 spiro atoms. The lowest BCUT2D eigenvalue weighted by molar-refractivity contribution is 0.360. The van der Waals surface area contributed by atoms with E-state index in [-0.39, 0.29) is 0 Å². The van der Waals surface area contributed by atoms with E-state index < -0.39 is 5.41 Å². The van der Waals surface area contributed by atoms with Crippen LogP contribution in [0.2, 0.25) is 0 Å². The van der Waals surface area contributed by atoms with Crippen LogP contribution in [0.15, 0.2) is 247 Å². The van der Waals surface area contributed by atoms with E-state index >= 15 is 0 Å². The van der Waals surface area contributed by atoms with Crippen LogP contribution in [0.5, 0.6) is 23.0 Å². The summed E-state index contributed by atoms with van der Waals surface area (Å²) < 4.78 is 20.1. The Bertz CT molecular complexity index is 3940. The Kier molecular flexibility index (Phi) is 9.04. The van der Waals surface area contributed by atoms with Gasteiger partial charge in [0.15, 0.2) is 28.8 Å². The number of fused-ring (bicyclic) bond motifs is 9. The van der Waals surface area contributed by atoms with Crippen LogP contribution in [0.1, 0.15) is 22.3 Å². The molecule has 2 aliphatic rings. The summed E-state index contributed by atoms with van der Waals surface area (Å²) in [5.74, 6) is 3.44. The van der Waals surface area contributed by atoms with Crippen molar-refractivity contribution in [1.82, 2.24) is 9.97 Å². The van der Waals surface area contributed by atoms with E-state index in [2.05, 4.69) is 206 Å². The second-order valence-corrected chi connectivity index (χ2v) is 18.0. The molecule has 0 saturated heterocycles. The average molecular weight is 897 g/mol. The molecule has 0 unspecified atom stereocenters. The van der Waals surface area contributed by atoms with Gasteiger partial charge in [-0.15, -0.1) is 0 Å². The van der Waals surface area contributed by atoms with Gasteiger partial charge in [-0.05, 0) is 74.8 Å². The lowest BCUT2D eigenvalue weighted by Gasteiger charge is -2.34. The third-order valence-corrected chi connectivity index (χ3v) is 14.1. The third kappa shape index (κ3) is 6.25. The molecule has 10 aromatic carbocycles. The predicted octanol–water partition coefficient (Wildman–Crippen LogP) is 17.0. The normalized spacial score (nSPS) is 12.9. The molecule has 0 radical (unpaired) electrons. The molecule has 5 nitrogen and oxygen atoms in total. The molecular weight excluding hydrogens is 857 g/mol. The Hall–Kier alpha value is -9.32. The SMILES string of the molecule is c1ccc(-c2nc(-c3ccc(-c4ccc5c(c4)Oc4c(ccc6c4-c4ccccc4C6(c4ccccc4)c4ccccc4)O5)cc3)cc(-c3ccc(-c4cccc5c4oc4ccccc45)cc3)n2)cc1. The van der Waals surface area contributed by atoms with E-state index in [9.17, 15) is 0 Å². The van der Waals surface area contributed by atoms with Gasteiger partial charge in [0.1, 0.15) is 11.2 Å². The van der Waals surface area contributed by atoms with Crippen LogP contribution < -0.4 is 9.47 Å². The number of hydrogen-bond acceptors (Lipinski definition) is 5. The largest absolute Gasteiger partial charge is 0.455 e. The molecule has 70 heavy (non-hydrogen) atoms. The van der Waals surface area contributed by atoms with Crippen LogP contribution in [0.25, 0.3) is 89.2 Å². The second-order valence-electron chi connectivity index (χ2n) is 18.0. The summed E-state index contributed by atoms with van der Waals surface area (Å²) >= 11 is 0. The summed E-state index contributed by atoms with van der Waals surface area (Å²) in [6.45, 7) is 0. The fraction of sp³-hybridized carbons (Fsp3) is 0.0154. The van der Waals surface area contributed by atoms with Gasteiger partial charge in [0, 0.05) is 38.6 Å². The van der Waals surface area contributed by atoms with E-state index in [0.717, 1.165) is 89.1 Å². The number of hydrogen-bond donors (Lipinski definition) is 0. The molecule has 1 aliphatic heterocycles. The molecule has 14 rings (SSSR count). The highest BCUT2D eigenvalue weighted by Gasteiger charge is 2.48. The van der Waals surface area contributed by atoms with Gasteiger partial charge in [0.05, 0.1) is 16.8 Å². The summed E-state index contributed by atoms with van der Waals surface area (Å²) in [7, 11) is 0. The van der Waals surface area contributed by atoms with Gasteiger partial charge >= 0.3 is 0 Å². The van der Waals surface area contributed by atoms with E-state index in [4.69, 9.17) is 23.9 Å². The van der Waals surface area contributed by atoms with Gasteiger partial charge < -0.3 is 13.9 Å². The van der Waals surface area contributed by atoms with Crippen molar-refractivity contribution in [2.24, 2.45) is 0 Å². The highest BCUT2D eigenvalue weighted by molar-refractivity contribution is 6.09. The first-order valence-corrected chi connectivity index (χ1v) is 23.6. The van der Waals surface area contributed by atoms with Crippen molar-refractivity contribution in [1.29, 1.82) is 0 Å². The topological polar surface area (TPSA) is 57.4 Å². The van der Waals surface area contributed by atoms with Crippen molar-refractivity contribution in [2.75, 3.05) is 0 Å². The fourth-order valence-electron chi connectivity index (χ4n) is 10.8. The van der Waals surface area contributed by atoms with Crippen molar-refractivity contribution in [3.63, 3.8) is 0 Å². The molecule has 0 bridgehead atoms. The first-order valence-electron chi connectivity index (χ1n) is 23.6. The third-order valence-electron chi connectivity index (χ3n) is 14.1. The number of rotatable bonds is 7. The molecule has 328 valence electrons. The van der Waals surface area contributed by atoms with E-state index in [1.165, 1.54) is 22.3 Å². The first kappa shape index (κ1) is 39.8.